The molecule has 2 N–H and O–H groups in total. The average molecular weight is 307 g/mol. The zero-order valence-corrected chi connectivity index (χ0v) is 10.5. The highest BCUT2D eigenvalue weighted by Crippen LogP contribution is 2.33. The van der Waals surface area contributed by atoms with Crippen molar-refractivity contribution in [2.24, 2.45) is 5.73 Å². The fourth-order valence-corrected chi connectivity index (χ4v) is 2.10. The molecule has 0 bridgehead atoms. The molecule has 0 heterocycles. The fraction of sp³-hybridized carbons (Fsp3) is 0.400. The molecular formula is C10H14INO2. The van der Waals surface area contributed by atoms with Crippen molar-refractivity contribution in [2.45, 2.75) is 6.42 Å². The molecule has 0 saturated heterocycles. The van der Waals surface area contributed by atoms with E-state index in [1.807, 2.05) is 12.1 Å². The Morgan fingerprint density at radius 1 is 1.29 bits per heavy atom. The van der Waals surface area contributed by atoms with Crippen LogP contribution in [0.3, 0.4) is 0 Å². The van der Waals surface area contributed by atoms with Crippen molar-refractivity contribution >= 4 is 22.6 Å². The summed E-state index contributed by atoms with van der Waals surface area (Å²) in [7, 11) is 3.32. The zero-order valence-electron chi connectivity index (χ0n) is 8.34. The molecular weight excluding hydrogens is 293 g/mol. The van der Waals surface area contributed by atoms with Gasteiger partial charge in [0, 0.05) is 5.56 Å². The van der Waals surface area contributed by atoms with E-state index in [0.29, 0.717) is 6.54 Å². The van der Waals surface area contributed by atoms with Crippen LogP contribution in [-0.2, 0) is 6.42 Å². The number of halogens is 1. The van der Waals surface area contributed by atoms with Crippen molar-refractivity contribution in [1.29, 1.82) is 0 Å². The van der Waals surface area contributed by atoms with Crippen LogP contribution in [0.2, 0.25) is 0 Å². The molecule has 0 unspecified atom stereocenters. The van der Waals surface area contributed by atoms with Crippen molar-refractivity contribution < 1.29 is 9.47 Å². The van der Waals surface area contributed by atoms with Crippen LogP contribution in [0.5, 0.6) is 11.5 Å². The third-order valence-electron chi connectivity index (χ3n) is 1.99. The summed E-state index contributed by atoms with van der Waals surface area (Å²) in [4.78, 5) is 0. The van der Waals surface area contributed by atoms with E-state index in [9.17, 15) is 0 Å². The lowest BCUT2D eigenvalue weighted by Crippen LogP contribution is -2.06. The number of hydrogen-bond acceptors (Lipinski definition) is 3. The Hall–Kier alpha value is -0.490. The van der Waals surface area contributed by atoms with Crippen LogP contribution >= 0.6 is 22.6 Å². The number of rotatable bonds is 4. The van der Waals surface area contributed by atoms with Crippen LogP contribution in [0.15, 0.2) is 12.1 Å². The maximum Gasteiger partial charge on any atom is 0.139 e. The van der Waals surface area contributed by atoms with E-state index < -0.39 is 0 Å². The van der Waals surface area contributed by atoms with Crippen LogP contribution in [0.25, 0.3) is 0 Å². The molecule has 78 valence electrons. The number of hydrogen-bond donors (Lipinski definition) is 1. The monoisotopic (exact) mass is 307 g/mol. The summed E-state index contributed by atoms with van der Waals surface area (Å²) in [6, 6.07) is 3.91. The molecule has 14 heavy (non-hydrogen) atoms. The summed E-state index contributed by atoms with van der Waals surface area (Å²) < 4.78 is 11.7. The Bertz CT molecular complexity index is 315. The van der Waals surface area contributed by atoms with Crippen LogP contribution < -0.4 is 15.2 Å². The van der Waals surface area contributed by atoms with Crippen LogP contribution in [-0.4, -0.2) is 20.8 Å². The van der Waals surface area contributed by atoms with E-state index >= 15 is 0 Å². The first-order valence-electron chi connectivity index (χ1n) is 4.34. The third kappa shape index (κ3) is 2.30. The number of nitrogens with two attached hydrogens (primary N) is 1. The minimum Gasteiger partial charge on any atom is -0.496 e. The predicted molar refractivity (Wildman–Crippen MR) is 65.0 cm³/mol. The van der Waals surface area contributed by atoms with E-state index in [2.05, 4.69) is 22.6 Å². The topological polar surface area (TPSA) is 44.5 Å². The summed E-state index contributed by atoms with van der Waals surface area (Å²) in [6.07, 6.45) is 0.767. The molecule has 0 radical (unpaired) electrons. The largest absolute Gasteiger partial charge is 0.496 e. The summed E-state index contributed by atoms with van der Waals surface area (Å²) >= 11 is 2.24. The van der Waals surface area contributed by atoms with Gasteiger partial charge in [0.2, 0.25) is 0 Å². The van der Waals surface area contributed by atoms with E-state index in [-0.39, 0.29) is 0 Å². The molecule has 0 aliphatic rings. The number of benzene rings is 1. The highest BCUT2D eigenvalue weighted by atomic mass is 127. The van der Waals surface area contributed by atoms with Crippen molar-refractivity contribution in [3.63, 3.8) is 0 Å². The number of ether oxygens (including phenoxy) is 2. The molecule has 0 aliphatic carbocycles. The molecule has 4 heteroatoms. The Kier molecular flexibility index (Phi) is 4.47. The van der Waals surface area contributed by atoms with E-state index in [1.54, 1.807) is 14.2 Å². The number of methoxy groups -OCH3 is 2. The lowest BCUT2D eigenvalue weighted by Gasteiger charge is -2.13. The Morgan fingerprint density at radius 3 is 2.50 bits per heavy atom. The summed E-state index contributed by atoms with van der Waals surface area (Å²) in [5.41, 5.74) is 6.59. The van der Waals surface area contributed by atoms with Gasteiger partial charge in [-0.15, -0.1) is 0 Å². The fourth-order valence-electron chi connectivity index (χ4n) is 1.37. The molecule has 1 aromatic carbocycles. The highest BCUT2D eigenvalue weighted by molar-refractivity contribution is 14.1. The Morgan fingerprint density at radius 2 is 2.00 bits per heavy atom. The second-order valence-electron chi connectivity index (χ2n) is 2.80. The first-order valence-corrected chi connectivity index (χ1v) is 5.41. The smallest absolute Gasteiger partial charge is 0.139 e. The van der Waals surface area contributed by atoms with Crippen LogP contribution in [0.4, 0.5) is 0 Å². The maximum atomic E-state index is 5.54. The minimum atomic E-state index is 0.590. The normalized spacial score (nSPS) is 10.0. The molecule has 0 amide bonds. The second-order valence-corrected chi connectivity index (χ2v) is 3.96. The van der Waals surface area contributed by atoms with E-state index in [0.717, 1.165) is 27.1 Å². The van der Waals surface area contributed by atoms with Crippen molar-refractivity contribution in [2.75, 3.05) is 20.8 Å². The molecule has 3 nitrogen and oxygen atoms in total. The van der Waals surface area contributed by atoms with E-state index in [4.69, 9.17) is 15.2 Å². The first-order chi connectivity index (χ1) is 6.74. The highest BCUT2D eigenvalue weighted by Gasteiger charge is 2.12. The standard InChI is InChI=1S/C10H14INO2/c1-13-9-4-3-8(11)10(14-2)7(9)5-6-12/h3-4H,5-6,12H2,1-2H3. The third-order valence-corrected chi connectivity index (χ3v) is 2.84. The van der Waals surface area contributed by atoms with Crippen LogP contribution in [0, 0.1) is 3.57 Å². The lowest BCUT2D eigenvalue weighted by atomic mass is 10.1. The van der Waals surface area contributed by atoms with Crippen molar-refractivity contribution in [3.8, 4) is 11.5 Å². The SMILES string of the molecule is COc1ccc(I)c(OC)c1CCN. The van der Waals surface area contributed by atoms with Gasteiger partial charge >= 0.3 is 0 Å². The molecule has 0 spiro atoms. The molecule has 1 rings (SSSR count). The van der Waals surface area contributed by atoms with Gasteiger partial charge < -0.3 is 15.2 Å². The average Bonchev–Trinajstić information content (AvgIpc) is 2.19. The van der Waals surface area contributed by atoms with E-state index in [1.165, 1.54) is 0 Å². The summed E-state index contributed by atoms with van der Waals surface area (Å²) in [6.45, 7) is 0.590. The Labute approximate surface area is 97.7 Å². The molecule has 0 aliphatic heterocycles. The molecule has 1 aromatic rings. The second kappa shape index (κ2) is 5.41. The summed E-state index contributed by atoms with van der Waals surface area (Å²) in [5.74, 6) is 1.71. The summed E-state index contributed by atoms with van der Waals surface area (Å²) in [5, 5.41) is 0. The van der Waals surface area contributed by atoms with Crippen LogP contribution in [0.1, 0.15) is 5.56 Å². The van der Waals surface area contributed by atoms with Crippen molar-refractivity contribution in [1.82, 2.24) is 0 Å². The maximum absolute atomic E-state index is 5.54. The molecule has 0 fully saturated rings. The molecule has 0 aromatic heterocycles. The van der Waals surface area contributed by atoms with Crippen molar-refractivity contribution in [3.05, 3.63) is 21.3 Å². The molecule has 0 saturated carbocycles. The quantitative estimate of drug-likeness (QED) is 0.863. The van der Waals surface area contributed by atoms with Gasteiger partial charge in [-0.05, 0) is 47.7 Å². The van der Waals surface area contributed by atoms with Gasteiger partial charge in [-0.2, -0.15) is 0 Å². The van der Waals surface area contributed by atoms with Gasteiger partial charge in [-0.3, -0.25) is 0 Å². The van der Waals surface area contributed by atoms with Gasteiger partial charge in [0.15, 0.2) is 0 Å². The molecule has 0 atom stereocenters. The predicted octanol–water partition coefficient (Wildman–Crippen LogP) is 1.81. The van der Waals surface area contributed by atoms with Gasteiger partial charge in [0.25, 0.3) is 0 Å². The van der Waals surface area contributed by atoms with Gasteiger partial charge in [-0.25, -0.2) is 0 Å². The Balaban J connectivity index is 3.21. The van der Waals surface area contributed by atoms with Gasteiger partial charge in [-0.1, -0.05) is 0 Å². The minimum absolute atomic E-state index is 0.590. The zero-order chi connectivity index (χ0) is 10.6. The van der Waals surface area contributed by atoms with Gasteiger partial charge in [0.05, 0.1) is 17.8 Å². The van der Waals surface area contributed by atoms with Gasteiger partial charge in [0.1, 0.15) is 11.5 Å². The first kappa shape index (κ1) is 11.6. The lowest BCUT2D eigenvalue weighted by molar-refractivity contribution is 0.383.